The van der Waals surface area contributed by atoms with Gasteiger partial charge in [-0.1, -0.05) is 19.1 Å². The SMILES string of the molecule is C=[P+](C)Nc1ccc(CC)cc1. The van der Waals surface area contributed by atoms with Crippen LogP contribution in [0.5, 0.6) is 0 Å². The molecule has 1 aromatic carbocycles. The van der Waals surface area contributed by atoms with Crippen LogP contribution in [0, 0.1) is 0 Å². The standard InChI is InChI=1S/C10H15NP/c1-4-9-5-7-10(8-6-9)11-12(2)3/h5-8,11H,2,4H2,1,3H3/q+1. The van der Waals surface area contributed by atoms with E-state index in [-0.39, 0.29) is 7.70 Å². The molecule has 0 aliphatic heterocycles. The third kappa shape index (κ3) is 2.67. The summed E-state index contributed by atoms with van der Waals surface area (Å²) in [5.74, 6) is 0. The molecule has 1 aromatic rings. The van der Waals surface area contributed by atoms with E-state index < -0.39 is 0 Å². The maximum atomic E-state index is 3.93. The van der Waals surface area contributed by atoms with E-state index in [1.54, 1.807) is 0 Å². The van der Waals surface area contributed by atoms with Crippen molar-refractivity contribution in [2.75, 3.05) is 11.8 Å². The Balaban J connectivity index is 2.71. The second-order valence-corrected chi connectivity index (χ2v) is 4.48. The van der Waals surface area contributed by atoms with E-state index >= 15 is 0 Å². The minimum atomic E-state index is -0.291. The molecule has 0 saturated carbocycles. The zero-order valence-corrected chi connectivity index (χ0v) is 8.57. The van der Waals surface area contributed by atoms with Gasteiger partial charge in [0.1, 0.15) is 6.66 Å². The van der Waals surface area contributed by atoms with E-state index in [4.69, 9.17) is 0 Å². The summed E-state index contributed by atoms with van der Waals surface area (Å²) in [6.07, 6.45) is 5.03. The van der Waals surface area contributed by atoms with Gasteiger partial charge in [-0.3, -0.25) is 0 Å². The maximum Gasteiger partial charge on any atom is 0.197 e. The molecule has 64 valence electrons. The average molecular weight is 180 g/mol. The molecule has 0 aliphatic rings. The van der Waals surface area contributed by atoms with Crippen molar-refractivity contribution in [2.24, 2.45) is 0 Å². The summed E-state index contributed by atoms with van der Waals surface area (Å²) in [6, 6.07) is 8.54. The summed E-state index contributed by atoms with van der Waals surface area (Å²) in [5, 5.41) is 3.31. The largest absolute Gasteiger partial charge is 0.214 e. The third-order valence-electron chi connectivity index (χ3n) is 1.68. The molecule has 2 heteroatoms. The first-order valence-corrected chi connectivity index (χ1v) is 6.09. The molecule has 1 atom stereocenters. The number of anilines is 1. The lowest BCUT2D eigenvalue weighted by Crippen LogP contribution is -1.85. The van der Waals surface area contributed by atoms with Crippen molar-refractivity contribution in [3.05, 3.63) is 29.8 Å². The van der Waals surface area contributed by atoms with Crippen LogP contribution in [0.2, 0.25) is 0 Å². The molecule has 0 bridgehead atoms. The van der Waals surface area contributed by atoms with Gasteiger partial charge < -0.3 is 0 Å². The van der Waals surface area contributed by atoms with Crippen LogP contribution in [-0.2, 0) is 6.42 Å². The minimum Gasteiger partial charge on any atom is -0.214 e. The van der Waals surface area contributed by atoms with Gasteiger partial charge in [0.25, 0.3) is 0 Å². The number of aryl methyl sites for hydroxylation is 1. The van der Waals surface area contributed by atoms with Gasteiger partial charge in [-0.25, -0.2) is 5.09 Å². The van der Waals surface area contributed by atoms with Crippen LogP contribution < -0.4 is 5.09 Å². The Kier molecular flexibility index (Phi) is 3.31. The Labute approximate surface area is 75.3 Å². The second-order valence-electron chi connectivity index (χ2n) is 2.86. The Bertz CT molecular complexity index is 264. The Hall–Kier alpha value is -0.810. The summed E-state index contributed by atoms with van der Waals surface area (Å²) in [5.41, 5.74) is 2.56. The number of hydrogen-bond donors (Lipinski definition) is 1. The summed E-state index contributed by atoms with van der Waals surface area (Å²) in [4.78, 5) is 0. The first kappa shape index (κ1) is 9.28. The Morgan fingerprint density at radius 1 is 1.33 bits per heavy atom. The predicted octanol–water partition coefficient (Wildman–Crippen LogP) is 3.12. The molecule has 0 radical (unpaired) electrons. The van der Waals surface area contributed by atoms with E-state index in [1.807, 2.05) is 0 Å². The van der Waals surface area contributed by atoms with E-state index in [9.17, 15) is 0 Å². The molecular weight excluding hydrogens is 165 g/mol. The van der Waals surface area contributed by atoms with Crippen molar-refractivity contribution in [1.29, 1.82) is 0 Å². The molecule has 1 rings (SSSR count). The molecule has 1 nitrogen and oxygen atoms in total. The summed E-state index contributed by atoms with van der Waals surface area (Å²) < 4.78 is 0. The number of rotatable bonds is 3. The molecule has 1 unspecified atom stereocenters. The number of hydrogen-bond acceptors (Lipinski definition) is 1. The first-order valence-electron chi connectivity index (χ1n) is 4.12. The van der Waals surface area contributed by atoms with Crippen LogP contribution in [0.1, 0.15) is 12.5 Å². The van der Waals surface area contributed by atoms with E-state index in [0.717, 1.165) is 6.42 Å². The molecule has 1 N–H and O–H groups in total. The average Bonchev–Trinajstić information content (AvgIpc) is 2.05. The highest BCUT2D eigenvalue weighted by Crippen LogP contribution is 2.19. The molecule has 0 fully saturated rings. The fourth-order valence-electron chi connectivity index (χ4n) is 1.04. The lowest BCUT2D eigenvalue weighted by atomic mass is 10.2. The van der Waals surface area contributed by atoms with Crippen LogP contribution in [-0.4, -0.2) is 13.0 Å². The van der Waals surface area contributed by atoms with Gasteiger partial charge in [-0.2, -0.15) is 0 Å². The topological polar surface area (TPSA) is 12.0 Å². The van der Waals surface area contributed by atoms with Gasteiger partial charge in [0.05, 0.1) is 12.0 Å². The molecular formula is C10H15NP+. The lowest BCUT2D eigenvalue weighted by molar-refractivity contribution is 1.14. The molecule has 12 heavy (non-hydrogen) atoms. The quantitative estimate of drug-likeness (QED) is 0.705. The number of nitrogens with one attached hydrogen (secondary N) is 1. The van der Waals surface area contributed by atoms with E-state index in [0.29, 0.717) is 0 Å². The van der Waals surface area contributed by atoms with Gasteiger partial charge in [-0.05, 0) is 24.1 Å². The van der Waals surface area contributed by atoms with Crippen LogP contribution in [0.15, 0.2) is 24.3 Å². The fourth-order valence-corrected chi connectivity index (χ4v) is 1.63. The molecule has 0 amide bonds. The van der Waals surface area contributed by atoms with Gasteiger partial charge in [-0.15, -0.1) is 0 Å². The molecule has 0 saturated heterocycles. The van der Waals surface area contributed by atoms with Crippen molar-refractivity contribution >= 4 is 19.7 Å². The molecule has 0 heterocycles. The van der Waals surface area contributed by atoms with Crippen molar-refractivity contribution in [2.45, 2.75) is 13.3 Å². The number of benzene rings is 1. The van der Waals surface area contributed by atoms with Crippen LogP contribution in [0.3, 0.4) is 0 Å². The van der Waals surface area contributed by atoms with Gasteiger partial charge >= 0.3 is 0 Å². The molecule has 0 spiro atoms. The summed E-state index contributed by atoms with van der Waals surface area (Å²) >= 11 is 0. The fraction of sp³-hybridized carbons (Fsp3) is 0.300. The Morgan fingerprint density at radius 2 is 1.92 bits per heavy atom. The molecule has 0 aromatic heterocycles. The normalized spacial score (nSPS) is 11.0. The van der Waals surface area contributed by atoms with E-state index in [2.05, 4.69) is 49.2 Å². The summed E-state index contributed by atoms with van der Waals surface area (Å²) in [7, 11) is -0.291. The molecule has 0 aliphatic carbocycles. The lowest BCUT2D eigenvalue weighted by Gasteiger charge is -1.98. The highest BCUT2D eigenvalue weighted by molar-refractivity contribution is 7.56. The van der Waals surface area contributed by atoms with Gasteiger partial charge in [0, 0.05) is 0 Å². The van der Waals surface area contributed by atoms with Crippen molar-refractivity contribution in [3.8, 4) is 0 Å². The maximum absolute atomic E-state index is 3.93. The van der Waals surface area contributed by atoms with Crippen LogP contribution >= 0.6 is 7.70 Å². The van der Waals surface area contributed by atoms with Gasteiger partial charge in [0.2, 0.25) is 0 Å². The summed E-state index contributed by atoms with van der Waals surface area (Å²) in [6.45, 7) is 4.26. The minimum absolute atomic E-state index is 0.291. The van der Waals surface area contributed by atoms with Gasteiger partial charge in [0.15, 0.2) is 7.70 Å². The van der Waals surface area contributed by atoms with E-state index in [1.165, 1.54) is 11.3 Å². The predicted molar refractivity (Wildman–Crippen MR) is 59.4 cm³/mol. The highest BCUT2D eigenvalue weighted by Gasteiger charge is 1.97. The third-order valence-corrected chi connectivity index (χ3v) is 2.32. The second kappa shape index (κ2) is 4.27. The smallest absolute Gasteiger partial charge is 0.197 e. The van der Waals surface area contributed by atoms with Crippen molar-refractivity contribution in [1.82, 2.24) is 0 Å². The zero-order chi connectivity index (χ0) is 8.97. The zero-order valence-electron chi connectivity index (χ0n) is 7.67. The van der Waals surface area contributed by atoms with Crippen molar-refractivity contribution in [3.63, 3.8) is 0 Å². The highest BCUT2D eigenvalue weighted by atomic mass is 31.1. The Morgan fingerprint density at radius 3 is 2.33 bits per heavy atom. The van der Waals surface area contributed by atoms with Crippen LogP contribution in [0.25, 0.3) is 0 Å². The van der Waals surface area contributed by atoms with Crippen molar-refractivity contribution < 1.29 is 0 Å². The van der Waals surface area contributed by atoms with Crippen LogP contribution in [0.4, 0.5) is 5.69 Å². The monoisotopic (exact) mass is 180 g/mol. The first-order chi connectivity index (χ1) is 5.72.